The van der Waals surface area contributed by atoms with Crippen LogP contribution >= 0.6 is 0 Å². The van der Waals surface area contributed by atoms with Gasteiger partial charge in [0.25, 0.3) is 0 Å². The quantitative estimate of drug-likeness (QED) is 0.486. The van der Waals surface area contributed by atoms with Gasteiger partial charge in [-0.15, -0.1) is 0 Å². The van der Waals surface area contributed by atoms with Crippen LogP contribution in [0.3, 0.4) is 0 Å². The van der Waals surface area contributed by atoms with Crippen LogP contribution in [-0.4, -0.2) is 74.1 Å². The summed E-state index contributed by atoms with van der Waals surface area (Å²) >= 11 is 0. The van der Waals surface area contributed by atoms with Gasteiger partial charge in [-0.1, -0.05) is 12.1 Å². The van der Waals surface area contributed by atoms with Crippen LogP contribution in [0.15, 0.2) is 24.3 Å². The monoisotopic (exact) mass is 327 g/mol. The second-order valence-corrected chi connectivity index (χ2v) is 4.87. The summed E-state index contributed by atoms with van der Waals surface area (Å²) in [7, 11) is 5.02. The standard InChI is InChI=1S/C17H29NO5/c1-19-12-14-22-10-8-18(9-11-23-15-13-20-2)16-6-4-5-7-17(16)21-3/h4-7H,8-15H2,1-3H3. The molecule has 1 aromatic rings. The molecule has 0 unspecified atom stereocenters. The summed E-state index contributed by atoms with van der Waals surface area (Å²) in [6, 6.07) is 7.97. The van der Waals surface area contributed by atoms with Crippen molar-refractivity contribution in [3.8, 4) is 5.75 Å². The van der Waals surface area contributed by atoms with Crippen LogP contribution in [-0.2, 0) is 18.9 Å². The molecule has 0 heterocycles. The molecule has 0 fully saturated rings. The van der Waals surface area contributed by atoms with Gasteiger partial charge < -0.3 is 28.6 Å². The Labute approximate surface area is 139 Å². The lowest BCUT2D eigenvalue weighted by atomic mass is 10.2. The van der Waals surface area contributed by atoms with Crippen LogP contribution in [0.1, 0.15) is 0 Å². The van der Waals surface area contributed by atoms with Gasteiger partial charge in [0.05, 0.1) is 52.4 Å². The number of hydrogen-bond acceptors (Lipinski definition) is 6. The van der Waals surface area contributed by atoms with Gasteiger partial charge >= 0.3 is 0 Å². The smallest absolute Gasteiger partial charge is 0.142 e. The third-order valence-electron chi connectivity index (χ3n) is 3.30. The fourth-order valence-electron chi connectivity index (χ4n) is 2.08. The second kappa shape index (κ2) is 13.1. The topological polar surface area (TPSA) is 49.4 Å². The molecule has 0 amide bonds. The number of rotatable bonds is 14. The van der Waals surface area contributed by atoms with E-state index in [0.29, 0.717) is 39.6 Å². The number of benzene rings is 1. The van der Waals surface area contributed by atoms with Crippen molar-refractivity contribution in [3.05, 3.63) is 24.3 Å². The maximum absolute atomic E-state index is 5.58. The van der Waals surface area contributed by atoms with E-state index in [2.05, 4.69) is 4.90 Å². The molecule has 6 heteroatoms. The Morgan fingerprint density at radius 2 is 1.30 bits per heavy atom. The van der Waals surface area contributed by atoms with E-state index < -0.39 is 0 Å². The van der Waals surface area contributed by atoms with Crippen molar-refractivity contribution in [2.24, 2.45) is 0 Å². The van der Waals surface area contributed by atoms with Gasteiger partial charge in [0, 0.05) is 27.3 Å². The number of nitrogens with zero attached hydrogens (tertiary/aromatic N) is 1. The molecule has 1 rings (SSSR count). The summed E-state index contributed by atoms with van der Waals surface area (Å²) in [4.78, 5) is 2.21. The minimum Gasteiger partial charge on any atom is -0.495 e. The highest BCUT2D eigenvalue weighted by Gasteiger charge is 2.11. The van der Waals surface area contributed by atoms with Gasteiger partial charge in [0.2, 0.25) is 0 Å². The molecule has 0 aliphatic rings. The average Bonchev–Trinajstić information content (AvgIpc) is 2.59. The Morgan fingerprint density at radius 3 is 1.83 bits per heavy atom. The molecule has 0 saturated heterocycles. The minimum absolute atomic E-state index is 0.598. The Bertz CT molecular complexity index is 388. The zero-order valence-electron chi connectivity index (χ0n) is 14.5. The highest BCUT2D eigenvalue weighted by molar-refractivity contribution is 5.58. The third kappa shape index (κ3) is 8.18. The summed E-state index contributed by atoms with van der Waals surface area (Å²) in [5, 5.41) is 0. The van der Waals surface area contributed by atoms with Gasteiger partial charge in [0.15, 0.2) is 0 Å². The predicted molar refractivity (Wildman–Crippen MR) is 90.6 cm³/mol. The van der Waals surface area contributed by atoms with Crippen molar-refractivity contribution in [1.82, 2.24) is 0 Å². The maximum Gasteiger partial charge on any atom is 0.142 e. The molecular formula is C17H29NO5. The summed E-state index contributed by atoms with van der Waals surface area (Å²) in [6.07, 6.45) is 0. The van der Waals surface area contributed by atoms with Gasteiger partial charge in [-0.25, -0.2) is 0 Å². The van der Waals surface area contributed by atoms with E-state index in [4.69, 9.17) is 23.7 Å². The molecule has 0 bridgehead atoms. The van der Waals surface area contributed by atoms with E-state index in [1.165, 1.54) is 0 Å². The van der Waals surface area contributed by atoms with E-state index >= 15 is 0 Å². The Morgan fingerprint density at radius 1 is 0.739 bits per heavy atom. The summed E-state index contributed by atoms with van der Waals surface area (Å²) in [5.41, 5.74) is 1.04. The zero-order valence-corrected chi connectivity index (χ0v) is 14.5. The van der Waals surface area contributed by atoms with E-state index in [0.717, 1.165) is 24.5 Å². The van der Waals surface area contributed by atoms with Crippen molar-refractivity contribution >= 4 is 5.69 Å². The summed E-state index contributed by atoms with van der Waals surface area (Å²) in [5.74, 6) is 0.848. The normalized spacial score (nSPS) is 10.7. The molecule has 0 aromatic heterocycles. The van der Waals surface area contributed by atoms with E-state index in [1.54, 1.807) is 21.3 Å². The SMILES string of the molecule is COCCOCCN(CCOCCOC)c1ccccc1OC. The Kier molecular flexibility index (Phi) is 11.3. The van der Waals surface area contributed by atoms with Crippen molar-refractivity contribution in [2.75, 3.05) is 79.0 Å². The number of hydrogen-bond donors (Lipinski definition) is 0. The average molecular weight is 327 g/mol. The van der Waals surface area contributed by atoms with Crippen LogP contribution in [0.5, 0.6) is 5.75 Å². The molecular weight excluding hydrogens is 298 g/mol. The fraction of sp³-hybridized carbons (Fsp3) is 0.647. The van der Waals surface area contributed by atoms with E-state index in [1.807, 2.05) is 24.3 Å². The van der Waals surface area contributed by atoms with Crippen LogP contribution in [0.25, 0.3) is 0 Å². The molecule has 0 atom stereocenters. The summed E-state index contributed by atoms with van der Waals surface area (Å²) in [6.45, 7) is 5.18. The van der Waals surface area contributed by atoms with Crippen molar-refractivity contribution in [2.45, 2.75) is 0 Å². The molecule has 23 heavy (non-hydrogen) atoms. The lowest BCUT2D eigenvalue weighted by Gasteiger charge is -2.26. The highest BCUT2D eigenvalue weighted by Crippen LogP contribution is 2.27. The van der Waals surface area contributed by atoms with Gasteiger partial charge in [-0.2, -0.15) is 0 Å². The predicted octanol–water partition coefficient (Wildman–Crippen LogP) is 1.83. The lowest BCUT2D eigenvalue weighted by Crippen LogP contribution is -2.32. The third-order valence-corrected chi connectivity index (χ3v) is 3.30. The van der Waals surface area contributed by atoms with Crippen LogP contribution in [0.4, 0.5) is 5.69 Å². The first-order valence-corrected chi connectivity index (χ1v) is 7.84. The lowest BCUT2D eigenvalue weighted by molar-refractivity contribution is 0.0676. The van der Waals surface area contributed by atoms with Gasteiger partial charge in [0.1, 0.15) is 5.75 Å². The van der Waals surface area contributed by atoms with Crippen molar-refractivity contribution in [1.29, 1.82) is 0 Å². The maximum atomic E-state index is 5.58. The molecule has 0 aliphatic carbocycles. The van der Waals surface area contributed by atoms with E-state index in [9.17, 15) is 0 Å². The molecule has 0 radical (unpaired) electrons. The van der Waals surface area contributed by atoms with Crippen LogP contribution in [0, 0.1) is 0 Å². The van der Waals surface area contributed by atoms with Crippen molar-refractivity contribution < 1.29 is 23.7 Å². The highest BCUT2D eigenvalue weighted by atomic mass is 16.5. The Hall–Kier alpha value is -1.34. The van der Waals surface area contributed by atoms with Crippen LogP contribution < -0.4 is 9.64 Å². The Balaban J connectivity index is 2.53. The largest absolute Gasteiger partial charge is 0.495 e. The van der Waals surface area contributed by atoms with Crippen molar-refractivity contribution in [3.63, 3.8) is 0 Å². The number of anilines is 1. The number of ether oxygens (including phenoxy) is 5. The molecule has 0 aliphatic heterocycles. The first-order chi connectivity index (χ1) is 11.3. The minimum atomic E-state index is 0.598. The van der Waals surface area contributed by atoms with E-state index in [-0.39, 0.29) is 0 Å². The first-order valence-electron chi connectivity index (χ1n) is 7.84. The summed E-state index contributed by atoms with van der Waals surface area (Å²) < 4.78 is 26.6. The molecule has 132 valence electrons. The van der Waals surface area contributed by atoms with Crippen LogP contribution in [0.2, 0.25) is 0 Å². The fourth-order valence-corrected chi connectivity index (χ4v) is 2.08. The molecule has 0 spiro atoms. The second-order valence-electron chi connectivity index (χ2n) is 4.87. The zero-order chi connectivity index (χ0) is 16.8. The van der Waals surface area contributed by atoms with Gasteiger partial charge in [-0.3, -0.25) is 0 Å². The number of methoxy groups -OCH3 is 3. The molecule has 6 nitrogen and oxygen atoms in total. The number of para-hydroxylation sites is 2. The molecule has 0 N–H and O–H groups in total. The molecule has 1 aromatic carbocycles. The molecule has 0 saturated carbocycles. The first kappa shape index (κ1) is 19.7. The van der Waals surface area contributed by atoms with Gasteiger partial charge in [-0.05, 0) is 12.1 Å².